The van der Waals surface area contributed by atoms with Gasteiger partial charge in [-0.3, -0.25) is 4.79 Å². The number of hydrogen-bond donors (Lipinski definition) is 3. The topological polar surface area (TPSA) is 75.3 Å². The maximum atomic E-state index is 12.2. The van der Waals surface area contributed by atoms with Crippen LogP contribution in [0.1, 0.15) is 37.6 Å². The lowest BCUT2D eigenvalue weighted by molar-refractivity contribution is 0.0885. The first-order valence-electron chi connectivity index (χ1n) is 6.22. The Morgan fingerprint density at radius 2 is 2.11 bits per heavy atom. The SMILES string of the molecule is CC(C)(C)C(CCO)NC(=O)c1ccc(N)cc1Cl. The van der Waals surface area contributed by atoms with Gasteiger partial charge in [-0.15, -0.1) is 0 Å². The molecular weight excluding hydrogens is 264 g/mol. The number of carbonyl (C=O) groups is 1. The van der Waals surface area contributed by atoms with Gasteiger partial charge < -0.3 is 16.2 Å². The van der Waals surface area contributed by atoms with Crippen molar-refractivity contribution in [2.75, 3.05) is 12.3 Å². The molecule has 106 valence electrons. The largest absolute Gasteiger partial charge is 0.399 e. The Balaban J connectivity index is 2.88. The van der Waals surface area contributed by atoms with Crippen LogP contribution >= 0.6 is 11.6 Å². The van der Waals surface area contributed by atoms with E-state index < -0.39 is 0 Å². The summed E-state index contributed by atoms with van der Waals surface area (Å²) in [6, 6.07) is 4.66. The van der Waals surface area contributed by atoms with Crippen LogP contribution in [0.3, 0.4) is 0 Å². The first kappa shape index (κ1) is 15.8. The van der Waals surface area contributed by atoms with Crippen LogP contribution in [0.25, 0.3) is 0 Å². The molecule has 19 heavy (non-hydrogen) atoms. The van der Waals surface area contributed by atoms with Crippen LogP contribution in [0.15, 0.2) is 18.2 Å². The van der Waals surface area contributed by atoms with Gasteiger partial charge in [-0.1, -0.05) is 32.4 Å². The predicted molar refractivity (Wildman–Crippen MR) is 78.3 cm³/mol. The lowest BCUT2D eigenvalue weighted by atomic mass is 9.84. The van der Waals surface area contributed by atoms with Crippen LogP contribution in [0.4, 0.5) is 5.69 Å². The summed E-state index contributed by atoms with van der Waals surface area (Å²) in [6.45, 7) is 6.06. The van der Waals surface area contributed by atoms with Gasteiger partial charge in [0, 0.05) is 18.3 Å². The van der Waals surface area contributed by atoms with Crippen molar-refractivity contribution in [3.05, 3.63) is 28.8 Å². The van der Waals surface area contributed by atoms with Gasteiger partial charge >= 0.3 is 0 Å². The number of carbonyl (C=O) groups excluding carboxylic acids is 1. The maximum absolute atomic E-state index is 12.2. The molecule has 0 heterocycles. The molecule has 0 aliphatic rings. The van der Waals surface area contributed by atoms with E-state index in [1.165, 1.54) is 0 Å². The van der Waals surface area contributed by atoms with Gasteiger partial charge in [0.1, 0.15) is 0 Å². The molecule has 1 atom stereocenters. The van der Waals surface area contributed by atoms with Gasteiger partial charge in [0.05, 0.1) is 10.6 Å². The number of nitrogens with two attached hydrogens (primary N) is 1. The van der Waals surface area contributed by atoms with Gasteiger partial charge in [0.25, 0.3) is 5.91 Å². The number of hydrogen-bond acceptors (Lipinski definition) is 3. The predicted octanol–water partition coefficient (Wildman–Crippen LogP) is 2.45. The third-order valence-electron chi connectivity index (χ3n) is 3.01. The quantitative estimate of drug-likeness (QED) is 0.744. The van der Waals surface area contributed by atoms with Crippen molar-refractivity contribution in [2.24, 2.45) is 5.41 Å². The van der Waals surface area contributed by atoms with E-state index in [1.807, 2.05) is 20.8 Å². The molecule has 0 bridgehead atoms. The number of nitrogen functional groups attached to an aromatic ring is 1. The molecule has 4 nitrogen and oxygen atoms in total. The van der Waals surface area contributed by atoms with E-state index in [4.69, 9.17) is 22.4 Å². The van der Waals surface area contributed by atoms with Gasteiger partial charge in [-0.2, -0.15) is 0 Å². The molecule has 5 heteroatoms. The molecule has 1 amide bonds. The zero-order chi connectivity index (χ0) is 14.6. The summed E-state index contributed by atoms with van der Waals surface area (Å²) >= 11 is 6.01. The Morgan fingerprint density at radius 1 is 1.47 bits per heavy atom. The van der Waals surface area contributed by atoms with Gasteiger partial charge in [-0.05, 0) is 30.0 Å². The van der Waals surface area contributed by atoms with Crippen LogP contribution in [0, 0.1) is 5.41 Å². The number of aliphatic hydroxyl groups is 1. The minimum Gasteiger partial charge on any atom is -0.399 e. The minimum absolute atomic E-state index is 0.0255. The molecule has 1 aromatic rings. The van der Waals surface area contributed by atoms with E-state index in [9.17, 15) is 4.79 Å². The lowest BCUT2D eigenvalue weighted by Gasteiger charge is -2.31. The van der Waals surface area contributed by atoms with Crippen LogP contribution in [0.2, 0.25) is 5.02 Å². The van der Waals surface area contributed by atoms with Crippen LogP contribution < -0.4 is 11.1 Å². The molecule has 0 radical (unpaired) electrons. The van der Waals surface area contributed by atoms with Gasteiger partial charge in [0.15, 0.2) is 0 Å². The Kier molecular flexibility index (Phi) is 5.20. The number of benzene rings is 1. The van der Waals surface area contributed by atoms with Crippen molar-refractivity contribution < 1.29 is 9.90 Å². The van der Waals surface area contributed by atoms with Crippen LogP contribution in [-0.4, -0.2) is 23.7 Å². The molecule has 0 aromatic heterocycles. The lowest BCUT2D eigenvalue weighted by Crippen LogP contribution is -2.44. The number of nitrogens with one attached hydrogen (secondary N) is 1. The third-order valence-corrected chi connectivity index (χ3v) is 3.32. The molecule has 1 aromatic carbocycles. The summed E-state index contributed by atoms with van der Waals surface area (Å²) in [5, 5.41) is 12.3. The van der Waals surface area contributed by atoms with E-state index in [2.05, 4.69) is 5.32 Å². The third kappa shape index (κ3) is 4.40. The number of amides is 1. The van der Waals surface area contributed by atoms with Crippen LogP contribution in [0.5, 0.6) is 0 Å². The zero-order valence-electron chi connectivity index (χ0n) is 11.5. The first-order valence-corrected chi connectivity index (χ1v) is 6.60. The van der Waals surface area contributed by atoms with E-state index in [0.29, 0.717) is 22.7 Å². The highest BCUT2D eigenvalue weighted by Crippen LogP contribution is 2.24. The van der Waals surface area contributed by atoms with Crippen molar-refractivity contribution in [2.45, 2.75) is 33.2 Å². The molecule has 0 spiro atoms. The maximum Gasteiger partial charge on any atom is 0.253 e. The molecule has 4 N–H and O–H groups in total. The number of rotatable bonds is 4. The summed E-state index contributed by atoms with van der Waals surface area (Å²) in [7, 11) is 0. The summed E-state index contributed by atoms with van der Waals surface area (Å²) in [5.41, 5.74) is 6.37. The highest BCUT2D eigenvalue weighted by molar-refractivity contribution is 6.34. The highest BCUT2D eigenvalue weighted by atomic mass is 35.5. The molecule has 1 rings (SSSR count). The minimum atomic E-state index is -0.252. The number of aliphatic hydroxyl groups excluding tert-OH is 1. The molecule has 0 fully saturated rings. The normalized spacial score (nSPS) is 13.1. The standard InChI is InChI=1S/C14H21ClN2O2/c1-14(2,3)12(6-7-18)17-13(19)10-5-4-9(16)8-11(10)15/h4-5,8,12,18H,6-7,16H2,1-3H3,(H,17,19). The summed E-state index contributed by atoms with van der Waals surface area (Å²) in [5.74, 6) is -0.252. The smallest absolute Gasteiger partial charge is 0.253 e. The van der Waals surface area contributed by atoms with Crippen LogP contribution in [-0.2, 0) is 0 Å². The van der Waals surface area contributed by atoms with E-state index >= 15 is 0 Å². The van der Waals surface area contributed by atoms with Crippen molar-refractivity contribution in [1.82, 2.24) is 5.32 Å². The molecule has 1 unspecified atom stereocenters. The van der Waals surface area contributed by atoms with E-state index in [0.717, 1.165) is 0 Å². The van der Waals surface area contributed by atoms with E-state index in [1.54, 1.807) is 18.2 Å². The fraction of sp³-hybridized carbons (Fsp3) is 0.500. The number of halogens is 1. The monoisotopic (exact) mass is 284 g/mol. The van der Waals surface area contributed by atoms with Crippen molar-refractivity contribution in [1.29, 1.82) is 0 Å². The average molecular weight is 285 g/mol. The molecule has 0 saturated heterocycles. The fourth-order valence-corrected chi connectivity index (χ4v) is 2.08. The van der Waals surface area contributed by atoms with Crippen molar-refractivity contribution >= 4 is 23.2 Å². The Morgan fingerprint density at radius 3 is 2.58 bits per heavy atom. The molecular formula is C14H21ClN2O2. The summed E-state index contributed by atoms with van der Waals surface area (Å²) < 4.78 is 0. The molecule has 0 aliphatic carbocycles. The molecule has 0 aliphatic heterocycles. The fourth-order valence-electron chi connectivity index (χ4n) is 1.80. The zero-order valence-corrected chi connectivity index (χ0v) is 12.3. The van der Waals surface area contributed by atoms with Gasteiger partial charge in [-0.25, -0.2) is 0 Å². The number of anilines is 1. The summed E-state index contributed by atoms with van der Waals surface area (Å²) in [6.07, 6.45) is 0.502. The van der Waals surface area contributed by atoms with Crippen molar-refractivity contribution in [3.8, 4) is 0 Å². The highest BCUT2D eigenvalue weighted by Gasteiger charge is 2.26. The second-order valence-electron chi connectivity index (χ2n) is 5.64. The van der Waals surface area contributed by atoms with E-state index in [-0.39, 0.29) is 24.0 Å². The second-order valence-corrected chi connectivity index (χ2v) is 6.05. The average Bonchev–Trinajstić information content (AvgIpc) is 2.26. The molecule has 0 saturated carbocycles. The Bertz CT molecular complexity index is 455. The second kappa shape index (κ2) is 6.26. The van der Waals surface area contributed by atoms with Gasteiger partial charge in [0.2, 0.25) is 0 Å². The Labute approximate surface area is 118 Å². The Hall–Kier alpha value is -1.26. The first-order chi connectivity index (χ1) is 8.75. The van der Waals surface area contributed by atoms with Crippen molar-refractivity contribution in [3.63, 3.8) is 0 Å². The summed E-state index contributed by atoms with van der Waals surface area (Å²) in [4.78, 5) is 12.2.